The van der Waals surface area contributed by atoms with Gasteiger partial charge in [0.05, 0.1) is 26.6 Å². The van der Waals surface area contributed by atoms with Crippen LogP contribution in [0.15, 0.2) is 47.4 Å². The van der Waals surface area contributed by atoms with Crippen molar-refractivity contribution in [3.63, 3.8) is 0 Å². The van der Waals surface area contributed by atoms with Crippen molar-refractivity contribution >= 4 is 38.3 Å². The highest BCUT2D eigenvalue weighted by Gasteiger charge is 2.21. The Labute approximate surface area is 157 Å². The second kappa shape index (κ2) is 6.93. The predicted molar refractivity (Wildman–Crippen MR) is 104 cm³/mol. The molecule has 1 aromatic heterocycles. The predicted octanol–water partition coefficient (Wildman–Crippen LogP) is 5.06. The van der Waals surface area contributed by atoms with Crippen molar-refractivity contribution in [1.82, 2.24) is 9.97 Å². The first-order chi connectivity index (χ1) is 12.5. The molecule has 0 spiro atoms. The van der Waals surface area contributed by atoms with E-state index in [1.165, 1.54) is 19.3 Å². The van der Waals surface area contributed by atoms with E-state index in [4.69, 9.17) is 11.6 Å². The number of hydrogen-bond acceptors (Lipinski definition) is 3. The van der Waals surface area contributed by atoms with Crippen LogP contribution < -0.4 is 4.72 Å². The second-order valence-corrected chi connectivity index (χ2v) is 8.81. The van der Waals surface area contributed by atoms with Gasteiger partial charge in [-0.05, 0) is 43.2 Å². The van der Waals surface area contributed by atoms with Gasteiger partial charge in [0.1, 0.15) is 5.82 Å². The number of anilines is 1. The molecule has 0 aliphatic heterocycles. The number of imidazole rings is 1. The molecule has 1 heterocycles. The van der Waals surface area contributed by atoms with Gasteiger partial charge >= 0.3 is 0 Å². The molecule has 1 aliphatic carbocycles. The maximum atomic E-state index is 12.7. The third kappa shape index (κ3) is 3.44. The van der Waals surface area contributed by atoms with Crippen LogP contribution in [0.3, 0.4) is 0 Å². The van der Waals surface area contributed by atoms with Crippen molar-refractivity contribution in [1.29, 1.82) is 0 Å². The maximum Gasteiger partial charge on any atom is 0.262 e. The van der Waals surface area contributed by atoms with Crippen molar-refractivity contribution < 1.29 is 8.42 Å². The summed E-state index contributed by atoms with van der Waals surface area (Å²) in [6, 6.07) is 11.7. The Morgan fingerprint density at radius 3 is 2.62 bits per heavy atom. The average Bonchev–Trinajstić information content (AvgIpc) is 3.07. The highest BCUT2D eigenvalue weighted by atomic mass is 35.5. The summed E-state index contributed by atoms with van der Waals surface area (Å²) in [5.74, 6) is 1.41. The Morgan fingerprint density at radius 1 is 1.08 bits per heavy atom. The number of para-hydroxylation sites is 1. The van der Waals surface area contributed by atoms with Gasteiger partial charge in [0, 0.05) is 5.92 Å². The fourth-order valence-electron chi connectivity index (χ4n) is 3.49. The van der Waals surface area contributed by atoms with Crippen molar-refractivity contribution in [3.8, 4) is 0 Å². The van der Waals surface area contributed by atoms with E-state index >= 15 is 0 Å². The second-order valence-electron chi connectivity index (χ2n) is 6.72. The number of nitrogens with zero attached hydrogens (tertiary/aromatic N) is 1. The molecule has 0 radical (unpaired) electrons. The third-order valence-corrected chi connectivity index (χ3v) is 6.59. The minimum absolute atomic E-state index is 0.173. The first kappa shape index (κ1) is 17.4. The van der Waals surface area contributed by atoms with E-state index in [1.807, 2.05) is 0 Å². The maximum absolute atomic E-state index is 12.7. The summed E-state index contributed by atoms with van der Waals surface area (Å²) in [6.45, 7) is 0. The van der Waals surface area contributed by atoms with Gasteiger partial charge in [-0.25, -0.2) is 13.4 Å². The van der Waals surface area contributed by atoms with Crippen LogP contribution in [0, 0.1) is 0 Å². The highest BCUT2D eigenvalue weighted by Crippen LogP contribution is 2.32. The number of nitrogens with one attached hydrogen (secondary N) is 2. The Kier molecular flexibility index (Phi) is 4.63. The van der Waals surface area contributed by atoms with Crippen LogP contribution in [0.5, 0.6) is 0 Å². The summed E-state index contributed by atoms with van der Waals surface area (Å²) in [4.78, 5) is 8.19. The molecule has 4 rings (SSSR count). The Hall–Kier alpha value is -2.05. The van der Waals surface area contributed by atoms with Gasteiger partial charge < -0.3 is 4.98 Å². The van der Waals surface area contributed by atoms with Gasteiger partial charge in [0.2, 0.25) is 0 Å². The topological polar surface area (TPSA) is 74.8 Å². The smallest absolute Gasteiger partial charge is 0.262 e. The lowest BCUT2D eigenvalue weighted by Gasteiger charge is -2.18. The number of hydrogen-bond donors (Lipinski definition) is 2. The summed E-state index contributed by atoms with van der Waals surface area (Å²) >= 11 is 6.06. The minimum atomic E-state index is -3.73. The van der Waals surface area contributed by atoms with E-state index in [1.54, 1.807) is 42.5 Å². The highest BCUT2D eigenvalue weighted by molar-refractivity contribution is 7.92. The number of fused-ring (bicyclic) bond motifs is 1. The fourth-order valence-corrected chi connectivity index (χ4v) is 4.83. The zero-order chi connectivity index (χ0) is 18.1. The van der Waals surface area contributed by atoms with Gasteiger partial charge in [-0.15, -0.1) is 0 Å². The van der Waals surface area contributed by atoms with Gasteiger partial charge in [-0.1, -0.05) is 43.0 Å². The number of sulfonamides is 1. The molecule has 1 aliphatic rings. The summed E-state index contributed by atoms with van der Waals surface area (Å²) in [7, 11) is -3.73. The molecule has 5 nitrogen and oxygen atoms in total. The zero-order valence-corrected chi connectivity index (χ0v) is 15.8. The minimum Gasteiger partial charge on any atom is -0.342 e. The van der Waals surface area contributed by atoms with Crippen LogP contribution in [0.25, 0.3) is 11.0 Å². The van der Waals surface area contributed by atoms with Gasteiger partial charge in [0.15, 0.2) is 0 Å². The SMILES string of the molecule is O=S(=O)(Nc1ccccc1Cl)c1ccc2[nH]c(C3CCCCC3)nc2c1. The fraction of sp³-hybridized carbons (Fsp3) is 0.316. The molecule has 0 bridgehead atoms. The quantitative estimate of drug-likeness (QED) is 0.654. The molecule has 0 atom stereocenters. The molecule has 136 valence electrons. The lowest BCUT2D eigenvalue weighted by molar-refractivity contribution is 0.431. The first-order valence-corrected chi connectivity index (χ1v) is 10.7. The molecule has 7 heteroatoms. The van der Waals surface area contributed by atoms with E-state index in [9.17, 15) is 8.42 Å². The van der Waals surface area contributed by atoms with E-state index < -0.39 is 10.0 Å². The number of halogens is 1. The standard InChI is InChI=1S/C19H20ClN3O2S/c20-15-8-4-5-9-16(15)23-26(24,25)14-10-11-17-18(12-14)22-19(21-17)13-6-2-1-3-7-13/h4-5,8-13,23H,1-3,6-7H2,(H,21,22). The molecule has 1 fully saturated rings. The normalized spacial score (nSPS) is 16.0. The molecule has 2 N–H and O–H groups in total. The number of benzene rings is 2. The Morgan fingerprint density at radius 2 is 1.85 bits per heavy atom. The van der Waals surface area contributed by atoms with Crippen LogP contribution >= 0.6 is 11.6 Å². The van der Waals surface area contributed by atoms with Crippen LogP contribution in [-0.2, 0) is 10.0 Å². The van der Waals surface area contributed by atoms with E-state index in [-0.39, 0.29) is 4.90 Å². The zero-order valence-electron chi connectivity index (χ0n) is 14.2. The Bertz CT molecular complexity index is 1040. The van der Waals surface area contributed by atoms with Crippen molar-refractivity contribution in [2.75, 3.05) is 4.72 Å². The third-order valence-electron chi connectivity index (χ3n) is 4.89. The van der Waals surface area contributed by atoms with Gasteiger partial charge in [-0.2, -0.15) is 0 Å². The Balaban J connectivity index is 1.65. The van der Waals surface area contributed by atoms with Crippen LogP contribution in [0.2, 0.25) is 5.02 Å². The first-order valence-electron chi connectivity index (χ1n) is 8.80. The molecule has 26 heavy (non-hydrogen) atoms. The van der Waals surface area contributed by atoms with Crippen molar-refractivity contribution in [2.45, 2.75) is 42.9 Å². The van der Waals surface area contributed by atoms with Crippen LogP contribution in [0.1, 0.15) is 43.8 Å². The largest absolute Gasteiger partial charge is 0.342 e. The summed E-state index contributed by atoms with van der Waals surface area (Å²) in [5, 5.41) is 0.358. The molecule has 0 amide bonds. The summed E-state index contributed by atoms with van der Waals surface area (Å²) < 4.78 is 27.9. The number of aromatic nitrogens is 2. The molecule has 0 unspecified atom stereocenters. The monoisotopic (exact) mass is 389 g/mol. The number of H-pyrrole nitrogens is 1. The van der Waals surface area contributed by atoms with E-state index in [0.717, 1.165) is 24.2 Å². The molecule has 2 aromatic carbocycles. The lowest BCUT2D eigenvalue weighted by Crippen LogP contribution is -2.13. The molecule has 3 aromatic rings. The van der Waals surface area contributed by atoms with Gasteiger partial charge in [0.25, 0.3) is 10.0 Å². The molecular weight excluding hydrogens is 370 g/mol. The van der Waals surface area contributed by atoms with E-state index in [0.29, 0.717) is 22.1 Å². The van der Waals surface area contributed by atoms with Crippen LogP contribution in [0.4, 0.5) is 5.69 Å². The number of rotatable bonds is 4. The van der Waals surface area contributed by atoms with Crippen LogP contribution in [-0.4, -0.2) is 18.4 Å². The molecule has 0 saturated heterocycles. The van der Waals surface area contributed by atoms with E-state index in [2.05, 4.69) is 14.7 Å². The molecule has 1 saturated carbocycles. The average molecular weight is 390 g/mol. The number of aromatic amines is 1. The van der Waals surface area contributed by atoms with Crippen molar-refractivity contribution in [2.24, 2.45) is 0 Å². The van der Waals surface area contributed by atoms with Crippen molar-refractivity contribution in [3.05, 3.63) is 53.3 Å². The van der Waals surface area contributed by atoms with Gasteiger partial charge in [-0.3, -0.25) is 4.72 Å². The summed E-state index contributed by atoms with van der Waals surface area (Å²) in [5.41, 5.74) is 1.90. The molecular formula is C19H20ClN3O2S. The lowest BCUT2D eigenvalue weighted by atomic mass is 9.89. The summed E-state index contributed by atoms with van der Waals surface area (Å²) in [6.07, 6.45) is 6.01.